The highest BCUT2D eigenvalue weighted by Gasteiger charge is 2.83. The Labute approximate surface area is 65.4 Å². The van der Waals surface area contributed by atoms with Crippen LogP contribution in [0, 0.1) is 0 Å². The molecule has 0 aliphatic heterocycles. The molecule has 1 fully saturated rings. The second-order valence-corrected chi connectivity index (χ2v) is 2.42. The van der Waals surface area contributed by atoms with Gasteiger partial charge in [0.05, 0.1) is 0 Å². The van der Waals surface area contributed by atoms with Gasteiger partial charge in [0.2, 0.25) is 0 Å². The summed E-state index contributed by atoms with van der Waals surface area (Å²) in [6, 6.07) is 0. The first-order valence-corrected chi connectivity index (χ1v) is 3.11. The van der Waals surface area contributed by atoms with E-state index in [4.69, 9.17) is 0 Å². The van der Waals surface area contributed by atoms with Crippen LogP contribution in [-0.2, 0) is 0 Å². The number of hydrogen-bond donors (Lipinski definition) is 0. The maximum atomic E-state index is 12.4. The quantitative estimate of drug-likeness (QED) is 0.457. The molecule has 0 aromatic rings. The van der Waals surface area contributed by atoms with Crippen molar-refractivity contribution in [1.29, 1.82) is 0 Å². The van der Waals surface area contributed by atoms with E-state index in [0.29, 0.717) is 0 Å². The maximum Gasteiger partial charge on any atom is 0.344 e. The molecule has 0 bridgehead atoms. The first kappa shape index (κ1) is 9.22. The number of halogens is 5. The molecule has 0 aromatic carbocycles. The highest BCUT2D eigenvalue weighted by atomic mass is 19.3. The van der Waals surface area contributed by atoms with Gasteiger partial charge in [0.1, 0.15) is 11.4 Å². The minimum atomic E-state index is -4.29. The lowest BCUT2D eigenvalue weighted by molar-refractivity contribution is -0.0278. The number of rotatable bonds is 2. The monoisotopic (exact) mass is 184 g/mol. The molecular weight excluding hydrogens is 179 g/mol. The molecule has 1 saturated carbocycles. The smallest absolute Gasteiger partial charge is 0.211 e. The lowest BCUT2D eigenvalue weighted by atomic mass is 10.3. The van der Waals surface area contributed by atoms with Crippen LogP contribution in [0.25, 0.3) is 0 Å². The Morgan fingerprint density at radius 3 is 1.92 bits per heavy atom. The van der Waals surface area contributed by atoms with Gasteiger partial charge in [-0.15, -0.1) is 6.58 Å². The minimum Gasteiger partial charge on any atom is -0.211 e. The molecular formula is C7H5F5. The fraction of sp³-hybridized carbons (Fsp3) is 0.429. The average molecular weight is 184 g/mol. The van der Waals surface area contributed by atoms with E-state index in [2.05, 4.69) is 6.58 Å². The zero-order valence-corrected chi connectivity index (χ0v) is 5.88. The highest BCUT2D eigenvalue weighted by Crippen LogP contribution is 2.63. The maximum absolute atomic E-state index is 12.4. The van der Waals surface area contributed by atoms with Crippen molar-refractivity contribution in [3.05, 3.63) is 24.1 Å². The summed E-state index contributed by atoms with van der Waals surface area (Å²) in [6.45, 7) is 3.04. The van der Waals surface area contributed by atoms with E-state index in [1.165, 1.54) is 0 Å². The van der Waals surface area contributed by atoms with Crippen molar-refractivity contribution in [2.24, 2.45) is 0 Å². The van der Waals surface area contributed by atoms with Gasteiger partial charge in [-0.2, -0.15) is 17.6 Å². The van der Waals surface area contributed by atoms with Crippen LogP contribution >= 0.6 is 0 Å². The molecule has 0 radical (unpaired) electrons. The molecule has 0 N–H and O–H groups in total. The molecule has 1 rings (SSSR count). The Morgan fingerprint density at radius 2 is 1.67 bits per heavy atom. The Hall–Kier alpha value is -0.870. The molecule has 0 spiro atoms. The fourth-order valence-corrected chi connectivity index (χ4v) is 0.861. The summed E-state index contributed by atoms with van der Waals surface area (Å²) in [4.78, 5) is 0. The zero-order valence-electron chi connectivity index (χ0n) is 5.88. The lowest BCUT2D eigenvalue weighted by Crippen LogP contribution is -2.02. The Morgan fingerprint density at radius 1 is 1.25 bits per heavy atom. The number of hydrogen-bond acceptors (Lipinski definition) is 0. The summed E-state index contributed by atoms with van der Waals surface area (Å²) in [5.41, 5.74) is -1.70. The molecule has 0 saturated heterocycles. The first-order chi connectivity index (χ1) is 5.35. The van der Waals surface area contributed by atoms with E-state index < -0.39 is 29.7 Å². The lowest BCUT2D eigenvalue weighted by Gasteiger charge is -1.86. The third-order valence-corrected chi connectivity index (χ3v) is 1.55. The van der Waals surface area contributed by atoms with Crippen LogP contribution in [0.1, 0.15) is 6.42 Å². The van der Waals surface area contributed by atoms with Gasteiger partial charge < -0.3 is 0 Å². The molecule has 0 unspecified atom stereocenters. The van der Waals surface area contributed by atoms with Crippen LogP contribution in [0.5, 0.6) is 0 Å². The van der Waals surface area contributed by atoms with Crippen molar-refractivity contribution in [3.8, 4) is 0 Å². The molecule has 0 nitrogen and oxygen atoms in total. The van der Waals surface area contributed by atoms with Crippen molar-refractivity contribution < 1.29 is 22.0 Å². The predicted molar refractivity (Wildman–Crippen MR) is 32.8 cm³/mol. The number of allylic oxidation sites excluding steroid dienone is 3. The average Bonchev–Trinajstić information content (AvgIpc) is 2.24. The predicted octanol–water partition coefficient (Wildman–Crippen LogP) is 3.07. The van der Waals surface area contributed by atoms with E-state index in [0.717, 1.165) is 6.08 Å². The Balaban J connectivity index is 2.95. The van der Waals surface area contributed by atoms with Crippen LogP contribution in [0.4, 0.5) is 22.0 Å². The van der Waals surface area contributed by atoms with Crippen molar-refractivity contribution in [1.82, 2.24) is 0 Å². The summed E-state index contributed by atoms with van der Waals surface area (Å²) >= 11 is 0. The zero-order chi connectivity index (χ0) is 9.57. The van der Waals surface area contributed by atoms with E-state index in [-0.39, 0.29) is 0 Å². The second kappa shape index (κ2) is 2.31. The molecule has 12 heavy (non-hydrogen) atoms. The fourth-order valence-electron chi connectivity index (χ4n) is 0.861. The van der Waals surface area contributed by atoms with Gasteiger partial charge in [-0.25, -0.2) is 4.39 Å². The van der Waals surface area contributed by atoms with Gasteiger partial charge in [0.15, 0.2) is 0 Å². The Bertz CT molecular complexity index is 235. The summed E-state index contributed by atoms with van der Waals surface area (Å²) in [5.74, 6) is -10.1. The van der Waals surface area contributed by atoms with Crippen LogP contribution in [0.2, 0.25) is 0 Å². The van der Waals surface area contributed by atoms with Gasteiger partial charge in [0.25, 0.3) is 0 Å². The molecule has 0 atom stereocenters. The van der Waals surface area contributed by atoms with Gasteiger partial charge >= 0.3 is 11.8 Å². The molecule has 1 aliphatic carbocycles. The largest absolute Gasteiger partial charge is 0.344 e. The minimum absolute atomic E-state index is 0.583. The SMILES string of the molecule is C=CCC(F)=C1C(F)(F)C1(F)F. The standard InChI is InChI=1S/C7H5F5/c1-2-3-4(8)5-6(9,10)7(5,11)12/h2H,1,3H2. The number of alkyl halides is 4. The van der Waals surface area contributed by atoms with Crippen molar-refractivity contribution >= 4 is 0 Å². The van der Waals surface area contributed by atoms with Gasteiger partial charge in [0, 0.05) is 6.42 Å². The van der Waals surface area contributed by atoms with Crippen molar-refractivity contribution in [3.63, 3.8) is 0 Å². The first-order valence-electron chi connectivity index (χ1n) is 3.11. The third-order valence-electron chi connectivity index (χ3n) is 1.55. The van der Waals surface area contributed by atoms with Gasteiger partial charge in [-0.3, -0.25) is 0 Å². The summed E-state index contributed by atoms with van der Waals surface area (Å²) in [7, 11) is 0. The van der Waals surface area contributed by atoms with Crippen LogP contribution in [-0.4, -0.2) is 11.8 Å². The summed E-state index contributed by atoms with van der Waals surface area (Å²) < 4.78 is 60.7. The molecule has 68 valence electrons. The van der Waals surface area contributed by atoms with Crippen LogP contribution < -0.4 is 0 Å². The van der Waals surface area contributed by atoms with Crippen LogP contribution in [0.3, 0.4) is 0 Å². The third kappa shape index (κ3) is 0.956. The molecule has 5 heteroatoms. The summed E-state index contributed by atoms with van der Waals surface area (Å²) in [5, 5.41) is 0. The summed E-state index contributed by atoms with van der Waals surface area (Å²) in [6.07, 6.45) is 0.368. The molecule has 0 heterocycles. The van der Waals surface area contributed by atoms with Gasteiger partial charge in [-0.05, 0) is 0 Å². The topological polar surface area (TPSA) is 0 Å². The normalized spacial score (nSPS) is 23.6. The van der Waals surface area contributed by atoms with E-state index in [1.807, 2.05) is 0 Å². The molecule has 0 aromatic heterocycles. The van der Waals surface area contributed by atoms with E-state index >= 15 is 0 Å². The highest BCUT2D eigenvalue weighted by molar-refractivity contribution is 5.47. The van der Waals surface area contributed by atoms with Crippen molar-refractivity contribution in [2.45, 2.75) is 18.3 Å². The Kier molecular flexibility index (Phi) is 1.77. The van der Waals surface area contributed by atoms with Crippen LogP contribution in [0.15, 0.2) is 24.1 Å². The molecule has 1 aliphatic rings. The van der Waals surface area contributed by atoms with Crippen molar-refractivity contribution in [2.75, 3.05) is 0 Å². The van der Waals surface area contributed by atoms with E-state index in [1.54, 1.807) is 0 Å². The molecule has 0 amide bonds. The van der Waals surface area contributed by atoms with Gasteiger partial charge in [-0.1, -0.05) is 6.08 Å². The van der Waals surface area contributed by atoms with E-state index in [9.17, 15) is 22.0 Å². The second-order valence-electron chi connectivity index (χ2n) is 2.42.